The predicted molar refractivity (Wildman–Crippen MR) is 64.3 cm³/mol. The molecule has 3 nitrogen and oxygen atoms in total. The molecule has 0 saturated carbocycles. The Morgan fingerprint density at radius 1 is 1.19 bits per heavy atom. The lowest BCUT2D eigenvalue weighted by atomic mass is 10.1. The van der Waals surface area contributed by atoms with Crippen molar-refractivity contribution in [2.45, 2.75) is 19.8 Å². The molecule has 0 amide bonds. The number of halogens is 1. The van der Waals surface area contributed by atoms with Gasteiger partial charge in [-0.05, 0) is 18.6 Å². The molecule has 0 atom stereocenters. The van der Waals surface area contributed by atoms with Gasteiger partial charge >= 0.3 is 0 Å². The van der Waals surface area contributed by atoms with E-state index >= 15 is 0 Å². The van der Waals surface area contributed by atoms with Crippen LogP contribution in [0.3, 0.4) is 0 Å². The van der Waals surface area contributed by atoms with E-state index in [1.54, 1.807) is 6.20 Å². The average molecular weight is 234 g/mol. The third kappa shape index (κ3) is 2.19. The van der Waals surface area contributed by atoms with Crippen LogP contribution in [0.15, 0.2) is 30.7 Å². The van der Waals surface area contributed by atoms with Gasteiger partial charge in [-0.15, -0.1) is 0 Å². The molecule has 16 heavy (non-hydrogen) atoms. The molecular weight excluding hydrogens is 222 g/mol. The molecule has 0 aliphatic heterocycles. The van der Waals surface area contributed by atoms with Crippen LogP contribution in [0.25, 0.3) is 11.4 Å². The summed E-state index contributed by atoms with van der Waals surface area (Å²) >= 11 is 6.08. The third-order valence-electron chi connectivity index (χ3n) is 2.30. The highest BCUT2D eigenvalue weighted by atomic mass is 35.5. The third-order valence-corrected chi connectivity index (χ3v) is 2.63. The molecule has 0 aliphatic rings. The van der Waals surface area contributed by atoms with Gasteiger partial charge in [-0.25, -0.2) is 9.97 Å². The molecule has 82 valence electrons. The van der Waals surface area contributed by atoms with Crippen molar-refractivity contribution in [1.82, 2.24) is 15.0 Å². The van der Waals surface area contributed by atoms with Gasteiger partial charge in [0, 0.05) is 11.8 Å². The molecule has 0 radical (unpaired) electrons. The molecule has 2 aromatic rings. The fourth-order valence-electron chi connectivity index (χ4n) is 1.59. The molecule has 0 bridgehead atoms. The molecule has 2 aromatic heterocycles. The SMILES string of the molecule is CCCc1c(Cl)ncnc1-c1ccccn1. The highest BCUT2D eigenvalue weighted by Crippen LogP contribution is 2.24. The summed E-state index contributed by atoms with van der Waals surface area (Å²) in [4.78, 5) is 12.6. The largest absolute Gasteiger partial charge is 0.255 e. The van der Waals surface area contributed by atoms with Gasteiger partial charge < -0.3 is 0 Å². The summed E-state index contributed by atoms with van der Waals surface area (Å²) in [6, 6.07) is 5.75. The minimum absolute atomic E-state index is 0.525. The number of hydrogen-bond acceptors (Lipinski definition) is 3. The Kier molecular flexibility index (Phi) is 3.47. The van der Waals surface area contributed by atoms with Gasteiger partial charge in [-0.2, -0.15) is 0 Å². The number of pyridine rings is 1. The van der Waals surface area contributed by atoms with Crippen LogP contribution in [-0.4, -0.2) is 15.0 Å². The normalized spacial score (nSPS) is 10.4. The highest BCUT2D eigenvalue weighted by molar-refractivity contribution is 6.30. The van der Waals surface area contributed by atoms with Crippen LogP contribution in [0.2, 0.25) is 5.15 Å². The van der Waals surface area contributed by atoms with E-state index in [0.29, 0.717) is 5.15 Å². The molecule has 2 rings (SSSR count). The molecular formula is C12H12ClN3. The fourth-order valence-corrected chi connectivity index (χ4v) is 1.81. The first kappa shape index (κ1) is 11.0. The maximum Gasteiger partial charge on any atom is 0.136 e. The Morgan fingerprint density at radius 2 is 2.06 bits per heavy atom. The molecule has 4 heteroatoms. The standard InChI is InChI=1S/C12H12ClN3/c1-2-5-9-11(15-8-16-12(9)13)10-6-3-4-7-14-10/h3-4,6-8H,2,5H2,1H3. The maximum atomic E-state index is 6.08. The van der Waals surface area contributed by atoms with E-state index in [9.17, 15) is 0 Å². The summed E-state index contributed by atoms with van der Waals surface area (Å²) in [5, 5.41) is 0.525. The van der Waals surface area contributed by atoms with Gasteiger partial charge in [-0.1, -0.05) is 31.0 Å². The van der Waals surface area contributed by atoms with E-state index in [1.807, 2.05) is 18.2 Å². The Labute approximate surface area is 99.5 Å². The van der Waals surface area contributed by atoms with Crippen LogP contribution in [0.4, 0.5) is 0 Å². The summed E-state index contributed by atoms with van der Waals surface area (Å²) in [6.07, 6.45) is 5.10. The zero-order chi connectivity index (χ0) is 11.4. The number of hydrogen-bond donors (Lipinski definition) is 0. The van der Waals surface area contributed by atoms with Crippen LogP contribution >= 0.6 is 11.6 Å². The topological polar surface area (TPSA) is 38.7 Å². The summed E-state index contributed by atoms with van der Waals surface area (Å²) in [5.74, 6) is 0. The van der Waals surface area contributed by atoms with Crippen LogP contribution in [0.1, 0.15) is 18.9 Å². The minimum Gasteiger partial charge on any atom is -0.255 e. The molecule has 0 N–H and O–H groups in total. The van der Waals surface area contributed by atoms with Crippen molar-refractivity contribution in [2.75, 3.05) is 0 Å². The predicted octanol–water partition coefficient (Wildman–Crippen LogP) is 3.14. The summed E-state index contributed by atoms with van der Waals surface area (Å²) in [6.45, 7) is 2.10. The van der Waals surface area contributed by atoms with Crippen LogP contribution < -0.4 is 0 Å². The zero-order valence-electron chi connectivity index (χ0n) is 9.02. The lowest BCUT2D eigenvalue weighted by Crippen LogP contribution is -1.97. The second-order valence-corrected chi connectivity index (χ2v) is 3.81. The Morgan fingerprint density at radius 3 is 2.75 bits per heavy atom. The van der Waals surface area contributed by atoms with Gasteiger partial charge in [0.1, 0.15) is 11.5 Å². The second-order valence-electron chi connectivity index (χ2n) is 3.46. The minimum atomic E-state index is 0.525. The van der Waals surface area contributed by atoms with E-state index in [4.69, 9.17) is 11.6 Å². The quantitative estimate of drug-likeness (QED) is 0.765. The van der Waals surface area contributed by atoms with Crippen molar-refractivity contribution in [3.8, 4) is 11.4 Å². The average Bonchev–Trinajstić information content (AvgIpc) is 2.33. The van der Waals surface area contributed by atoms with Gasteiger partial charge in [-0.3, -0.25) is 4.98 Å². The highest BCUT2D eigenvalue weighted by Gasteiger charge is 2.11. The molecule has 0 aromatic carbocycles. The van der Waals surface area contributed by atoms with Crippen molar-refractivity contribution < 1.29 is 0 Å². The molecule has 0 spiro atoms. The van der Waals surface area contributed by atoms with Crippen LogP contribution in [-0.2, 0) is 6.42 Å². The Hall–Kier alpha value is -1.48. The van der Waals surface area contributed by atoms with Crippen molar-refractivity contribution in [2.24, 2.45) is 0 Å². The smallest absolute Gasteiger partial charge is 0.136 e. The second kappa shape index (κ2) is 5.03. The first-order valence-electron chi connectivity index (χ1n) is 5.23. The van der Waals surface area contributed by atoms with E-state index in [-0.39, 0.29) is 0 Å². The van der Waals surface area contributed by atoms with E-state index in [0.717, 1.165) is 29.8 Å². The van der Waals surface area contributed by atoms with E-state index in [2.05, 4.69) is 21.9 Å². The monoisotopic (exact) mass is 233 g/mol. The van der Waals surface area contributed by atoms with Gasteiger partial charge in [0.2, 0.25) is 0 Å². The number of rotatable bonds is 3. The fraction of sp³-hybridized carbons (Fsp3) is 0.250. The van der Waals surface area contributed by atoms with Crippen molar-refractivity contribution in [3.05, 3.63) is 41.4 Å². The zero-order valence-corrected chi connectivity index (χ0v) is 9.78. The van der Waals surface area contributed by atoms with E-state index in [1.165, 1.54) is 6.33 Å². The molecule has 0 aliphatic carbocycles. The van der Waals surface area contributed by atoms with Crippen molar-refractivity contribution >= 4 is 11.6 Å². The first-order valence-corrected chi connectivity index (χ1v) is 5.61. The molecule has 0 unspecified atom stereocenters. The lowest BCUT2D eigenvalue weighted by Gasteiger charge is -2.07. The number of nitrogens with zero attached hydrogens (tertiary/aromatic N) is 3. The molecule has 0 fully saturated rings. The molecule has 2 heterocycles. The van der Waals surface area contributed by atoms with Gasteiger partial charge in [0.25, 0.3) is 0 Å². The Balaban J connectivity index is 2.52. The maximum absolute atomic E-state index is 6.08. The lowest BCUT2D eigenvalue weighted by molar-refractivity contribution is 0.902. The number of aromatic nitrogens is 3. The van der Waals surface area contributed by atoms with Crippen molar-refractivity contribution in [1.29, 1.82) is 0 Å². The first-order chi connectivity index (χ1) is 7.83. The summed E-state index contributed by atoms with van der Waals surface area (Å²) < 4.78 is 0. The summed E-state index contributed by atoms with van der Waals surface area (Å²) in [7, 11) is 0. The van der Waals surface area contributed by atoms with Crippen LogP contribution in [0, 0.1) is 0 Å². The van der Waals surface area contributed by atoms with Gasteiger partial charge in [0.15, 0.2) is 0 Å². The van der Waals surface area contributed by atoms with Crippen molar-refractivity contribution in [3.63, 3.8) is 0 Å². The summed E-state index contributed by atoms with van der Waals surface area (Å²) in [5.41, 5.74) is 2.66. The molecule has 0 saturated heterocycles. The van der Waals surface area contributed by atoms with Gasteiger partial charge in [0.05, 0.1) is 11.4 Å². The van der Waals surface area contributed by atoms with E-state index < -0.39 is 0 Å². The van der Waals surface area contributed by atoms with Crippen LogP contribution in [0.5, 0.6) is 0 Å². The Bertz CT molecular complexity index is 471.